The van der Waals surface area contributed by atoms with Crippen LogP contribution in [0.15, 0.2) is 18.5 Å². The average molecular weight is 288 g/mol. The predicted octanol–water partition coefficient (Wildman–Crippen LogP) is 2.12. The summed E-state index contributed by atoms with van der Waals surface area (Å²) in [6.45, 7) is 3.84. The van der Waals surface area contributed by atoms with Gasteiger partial charge in [0.25, 0.3) is 0 Å². The molecular weight excluding hydrogens is 268 g/mol. The van der Waals surface area contributed by atoms with Crippen molar-refractivity contribution in [1.82, 2.24) is 14.6 Å². The number of aliphatic carboxylic acids is 1. The number of carbonyl (C=O) groups is 1. The normalized spacial score (nSPS) is 16.5. The van der Waals surface area contributed by atoms with Crippen LogP contribution in [0, 0.1) is 12.8 Å². The van der Waals surface area contributed by atoms with Crippen molar-refractivity contribution in [2.24, 2.45) is 5.92 Å². The fraction of sp³-hybridized carbons (Fsp3) is 0.533. The Bertz CT molecular complexity index is 644. The number of rotatable bonds is 4. The second kappa shape index (κ2) is 5.71. The van der Waals surface area contributed by atoms with Crippen LogP contribution >= 0.6 is 0 Å². The minimum absolute atomic E-state index is 0.278. The van der Waals surface area contributed by atoms with Crippen molar-refractivity contribution in [3.8, 4) is 0 Å². The molecule has 0 spiro atoms. The fourth-order valence-electron chi connectivity index (χ4n) is 3.04. The lowest BCUT2D eigenvalue weighted by molar-refractivity contribution is -0.137. The van der Waals surface area contributed by atoms with Crippen molar-refractivity contribution in [1.29, 1.82) is 0 Å². The van der Waals surface area contributed by atoms with Crippen LogP contribution in [0.25, 0.3) is 5.52 Å². The molecule has 3 heterocycles. The highest BCUT2D eigenvalue weighted by atomic mass is 16.4. The fourth-order valence-corrected chi connectivity index (χ4v) is 3.04. The summed E-state index contributed by atoms with van der Waals surface area (Å²) in [6, 6.07) is 2.05. The van der Waals surface area contributed by atoms with Gasteiger partial charge in [-0.3, -0.25) is 4.79 Å². The minimum atomic E-state index is -0.696. The Hall–Kier alpha value is -2.11. The van der Waals surface area contributed by atoms with E-state index in [1.807, 2.05) is 17.6 Å². The van der Waals surface area contributed by atoms with Crippen LogP contribution in [0.1, 0.15) is 31.4 Å². The molecule has 2 aromatic rings. The molecule has 1 aliphatic heterocycles. The largest absolute Gasteiger partial charge is 0.481 e. The van der Waals surface area contributed by atoms with Crippen LogP contribution in [0.2, 0.25) is 0 Å². The number of piperidine rings is 1. The molecule has 0 aliphatic carbocycles. The molecule has 1 N–H and O–H groups in total. The topological polar surface area (TPSA) is 70.7 Å². The Kier molecular flexibility index (Phi) is 3.77. The lowest BCUT2D eigenvalue weighted by Gasteiger charge is -2.32. The number of hydrogen-bond acceptors (Lipinski definition) is 4. The Labute approximate surface area is 123 Å². The number of fused-ring (bicyclic) bond motifs is 1. The third kappa shape index (κ3) is 2.99. The first kappa shape index (κ1) is 13.9. The highest BCUT2D eigenvalue weighted by Gasteiger charge is 2.22. The average Bonchev–Trinajstić information content (AvgIpc) is 2.85. The minimum Gasteiger partial charge on any atom is -0.481 e. The van der Waals surface area contributed by atoms with Gasteiger partial charge in [0, 0.05) is 31.9 Å². The van der Waals surface area contributed by atoms with E-state index in [1.54, 1.807) is 6.20 Å². The van der Waals surface area contributed by atoms with Gasteiger partial charge in [0.05, 0.1) is 5.69 Å². The van der Waals surface area contributed by atoms with Crippen molar-refractivity contribution >= 4 is 17.3 Å². The molecule has 0 radical (unpaired) electrons. The van der Waals surface area contributed by atoms with Crippen molar-refractivity contribution in [3.05, 3.63) is 24.2 Å². The Balaban J connectivity index is 1.69. The van der Waals surface area contributed by atoms with Crippen molar-refractivity contribution in [2.45, 2.75) is 32.6 Å². The first-order valence-corrected chi connectivity index (χ1v) is 7.41. The molecular formula is C15H20N4O2. The second-order valence-electron chi connectivity index (χ2n) is 5.73. The maximum atomic E-state index is 10.6. The number of nitrogens with zero attached hydrogens (tertiary/aromatic N) is 4. The maximum Gasteiger partial charge on any atom is 0.303 e. The summed E-state index contributed by atoms with van der Waals surface area (Å²) in [5.74, 6) is 0.803. The second-order valence-corrected chi connectivity index (χ2v) is 5.73. The highest BCUT2D eigenvalue weighted by molar-refractivity contribution is 5.69. The SMILES string of the molecule is Cc1cc2c(N3CCC(CCC(=O)O)CC3)nccn2n1. The standard InChI is InChI=1S/C15H20N4O2/c1-11-10-13-15(16-6-9-19(13)17-11)18-7-4-12(5-8-18)2-3-14(20)21/h6,9-10,12H,2-5,7-8H2,1H3,(H,20,21). The van der Waals surface area contributed by atoms with E-state index >= 15 is 0 Å². The van der Waals surface area contributed by atoms with E-state index < -0.39 is 5.97 Å². The van der Waals surface area contributed by atoms with Crippen LogP contribution < -0.4 is 4.90 Å². The van der Waals surface area contributed by atoms with Crippen molar-refractivity contribution in [3.63, 3.8) is 0 Å². The van der Waals surface area contributed by atoms with Crippen molar-refractivity contribution < 1.29 is 9.90 Å². The molecule has 0 saturated carbocycles. The van der Waals surface area contributed by atoms with Gasteiger partial charge < -0.3 is 10.0 Å². The monoisotopic (exact) mass is 288 g/mol. The van der Waals surface area contributed by atoms with Crippen LogP contribution in [0.4, 0.5) is 5.82 Å². The molecule has 0 aromatic carbocycles. The molecule has 0 amide bonds. The summed E-state index contributed by atoms with van der Waals surface area (Å²) in [7, 11) is 0. The van der Waals surface area contributed by atoms with Gasteiger partial charge in [-0.25, -0.2) is 9.50 Å². The van der Waals surface area contributed by atoms with Crippen LogP contribution in [0.5, 0.6) is 0 Å². The zero-order valence-electron chi connectivity index (χ0n) is 12.2. The van der Waals surface area contributed by atoms with Gasteiger partial charge in [-0.2, -0.15) is 5.10 Å². The number of carboxylic acid groups (broad SMARTS) is 1. The molecule has 1 fully saturated rings. The quantitative estimate of drug-likeness (QED) is 0.933. The van der Waals surface area contributed by atoms with Gasteiger partial charge in [-0.1, -0.05) is 0 Å². The van der Waals surface area contributed by atoms with Gasteiger partial charge >= 0.3 is 5.97 Å². The first-order valence-electron chi connectivity index (χ1n) is 7.41. The van der Waals surface area contributed by atoms with E-state index in [4.69, 9.17) is 5.11 Å². The number of hydrogen-bond donors (Lipinski definition) is 1. The Morgan fingerprint density at radius 2 is 2.19 bits per heavy atom. The molecule has 1 aliphatic rings. The van der Waals surface area contributed by atoms with E-state index in [0.29, 0.717) is 5.92 Å². The highest BCUT2D eigenvalue weighted by Crippen LogP contribution is 2.27. The summed E-state index contributed by atoms with van der Waals surface area (Å²) in [5, 5.41) is 13.2. The lowest BCUT2D eigenvalue weighted by Crippen LogP contribution is -2.34. The third-order valence-corrected chi connectivity index (χ3v) is 4.17. The van der Waals surface area contributed by atoms with Crippen LogP contribution in [0.3, 0.4) is 0 Å². The van der Waals surface area contributed by atoms with E-state index in [2.05, 4.69) is 21.0 Å². The van der Waals surface area contributed by atoms with Gasteiger partial charge in [0.2, 0.25) is 0 Å². The molecule has 0 unspecified atom stereocenters. The van der Waals surface area contributed by atoms with E-state index in [1.165, 1.54) is 0 Å². The zero-order valence-corrected chi connectivity index (χ0v) is 12.2. The van der Waals surface area contributed by atoms with E-state index in [9.17, 15) is 4.79 Å². The van der Waals surface area contributed by atoms with E-state index in [0.717, 1.165) is 49.4 Å². The zero-order chi connectivity index (χ0) is 14.8. The summed E-state index contributed by atoms with van der Waals surface area (Å²) >= 11 is 0. The van der Waals surface area contributed by atoms with Crippen LogP contribution in [-0.4, -0.2) is 38.8 Å². The number of anilines is 1. The molecule has 21 heavy (non-hydrogen) atoms. The molecule has 112 valence electrons. The number of carboxylic acids is 1. The van der Waals surface area contributed by atoms with Gasteiger partial charge in [-0.05, 0) is 38.2 Å². The number of aryl methyl sites for hydroxylation is 1. The molecule has 0 bridgehead atoms. The summed E-state index contributed by atoms with van der Waals surface area (Å²) in [6.07, 6.45) is 6.77. The third-order valence-electron chi connectivity index (χ3n) is 4.17. The smallest absolute Gasteiger partial charge is 0.303 e. The Morgan fingerprint density at radius 1 is 1.43 bits per heavy atom. The lowest BCUT2D eigenvalue weighted by atomic mass is 9.92. The molecule has 6 heteroatoms. The van der Waals surface area contributed by atoms with E-state index in [-0.39, 0.29) is 6.42 Å². The molecule has 0 atom stereocenters. The predicted molar refractivity (Wildman–Crippen MR) is 79.5 cm³/mol. The number of aromatic nitrogens is 3. The van der Waals surface area contributed by atoms with Crippen molar-refractivity contribution in [2.75, 3.05) is 18.0 Å². The summed E-state index contributed by atoms with van der Waals surface area (Å²) in [4.78, 5) is 17.4. The van der Waals surface area contributed by atoms with Gasteiger partial charge in [0.1, 0.15) is 5.52 Å². The molecule has 1 saturated heterocycles. The molecule has 6 nitrogen and oxygen atoms in total. The van der Waals surface area contributed by atoms with Gasteiger partial charge in [0.15, 0.2) is 5.82 Å². The molecule has 2 aromatic heterocycles. The Morgan fingerprint density at radius 3 is 2.90 bits per heavy atom. The summed E-state index contributed by atoms with van der Waals surface area (Å²) in [5.41, 5.74) is 2.03. The molecule has 3 rings (SSSR count). The van der Waals surface area contributed by atoms with Gasteiger partial charge in [-0.15, -0.1) is 0 Å². The van der Waals surface area contributed by atoms with Crippen LogP contribution in [-0.2, 0) is 4.79 Å². The first-order chi connectivity index (χ1) is 10.1. The summed E-state index contributed by atoms with van der Waals surface area (Å²) < 4.78 is 1.87. The maximum absolute atomic E-state index is 10.6.